The second-order valence-electron chi connectivity index (χ2n) is 5.72. The molecule has 23 heavy (non-hydrogen) atoms. The van der Waals surface area contributed by atoms with Crippen LogP contribution in [0.4, 0.5) is 0 Å². The molecule has 0 spiro atoms. The van der Waals surface area contributed by atoms with Gasteiger partial charge in [-0.3, -0.25) is 4.79 Å². The first-order chi connectivity index (χ1) is 10.4. The molecular weight excluding hydrogens is 309 g/mol. The average Bonchev–Trinajstić information content (AvgIpc) is 2.82. The van der Waals surface area contributed by atoms with Gasteiger partial charge in [0.05, 0.1) is 29.7 Å². The fourth-order valence-corrected chi connectivity index (χ4v) is 3.37. The quantitative estimate of drug-likeness (QED) is 0.439. The van der Waals surface area contributed by atoms with Crippen molar-refractivity contribution in [1.82, 2.24) is 4.90 Å². The molecule has 1 saturated heterocycles. The zero-order valence-electron chi connectivity index (χ0n) is 13.0. The normalized spacial score (nSPS) is 25.3. The summed E-state index contributed by atoms with van der Waals surface area (Å²) in [5.74, 6) is -2.55. The van der Waals surface area contributed by atoms with E-state index in [0.29, 0.717) is 5.56 Å². The number of carbonyl (C=O) groups is 2. The Morgan fingerprint density at radius 1 is 1.30 bits per heavy atom. The van der Waals surface area contributed by atoms with Gasteiger partial charge in [0.1, 0.15) is 6.10 Å². The predicted octanol–water partition coefficient (Wildman–Crippen LogP) is -3.66. The number of aliphatic carboxylic acids is 1. The molecule has 0 aromatic heterocycles. The van der Waals surface area contributed by atoms with Gasteiger partial charge in [-0.2, -0.15) is 0 Å². The minimum absolute atomic E-state index is 0. The fourth-order valence-electron chi connectivity index (χ4n) is 3.37. The molecule has 0 radical (unpaired) electrons. The summed E-state index contributed by atoms with van der Waals surface area (Å²) >= 11 is 0. The number of aliphatic hydroxyl groups excluding tert-OH is 2. The summed E-state index contributed by atoms with van der Waals surface area (Å²) in [5, 5.41) is 31.6. The van der Waals surface area contributed by atoms with Crippen molar-refractivity contribution in [2.75, 3.05) is 0 Å². The van der Waals surface area contributed by atoms with Crippen LogP contribution >= 0.6 is 0 Å². The molecule has 3 rings (SSSR count). The summed E-state index contributed by atoms with van der Waals surface area (Å²) < 4.78 is 0. The van der Waals surface area contributed by atoms with Gasteiger partial charge in [-0.25, -0.2) is 0 Å². The molecule has 4 atom stereocenters. The van der Waals surface area contributed by atoms with Gasteiger partial charge in [0, 0.05) is 0 Å². The molecule has 1 unspecified atom stereocenters. The van der Waals surface area contributed by atoms with Gasteiger partial charge >= 0.3 is 29.6 Å². The van der Waals surface area contributed by atoms with Crippen LogP contribution in [0.3, 0.4) is 0 Å². The molecule has 2 aliphatic heterocycles. The smallest absolute Gasteiger partial charge is 0.543 e. The zero-order chi connectivity index (χ0) is 16.0. The van der Waals surface area contributed by atoms with Crippen molar-refractivity contribution in [3.8, 4) is 0 Å². The molecule has 0 saturated carbocycles. The molecule has 2 aliphatic rings. The Bertz CT molecular complexity index is 658. The minimum atomic E-state index is -1.48. The molecule has 1 aromatic carbocycles. The van der Waals surface area contributed by atoms with Crippen molar-refractivity contribution in [2.24, 2.45) is 5.92 Å². The van der Waals surface area contributed by atoms with Gasteiger partial charge in [-0.1, -0.05) is 30.3 Å². The molecule has 2 N–H and O–H groups in total. The van der Waals surface area contributed by atoms with Crippen LogP contribution in [0.15, 0.2) is 41.6 Å². The number of nitrogens with zero attached hydrogens (tertiary/aromatic N) is 1. The van der Waals surface area contributed by atoms with Crippen molar-refractivity contribution >= 4 is 11.9 Å². The van der Waals surface area contributed by atoms with Crippen molar-refractivity contribution in [1.29, 1.82) is 0 Å². The van der Waals surface area contributed by atoms with Crippen molar-refractivity contribution in [3.05, 3.63) is 47.2 Å². The number of hydrogen-bond acceptors (Lipinski definition) is 5. The van der Waals surface area contributed by atoms with Gasteiger partial charge < -0.3 is 25.0 Å². The summed E-state index contributed by atoms with van der Waals surface area (Å²) in [5.41, 5.74) is 0.552. The van der Waals surface area contributed by atoms with E-state index in [9.17, 15) is 24.9 Å². The van der Waals surface area contributed by atoms with Crippen LogP contribution < -0.4 is 34.7 Å². The Hall–Kier alpha value is -1.18. The maximum atomic E-state index is 12.1. The van der Waals surface area contributed by atoms with E-state index in [-0.39, 0.29) is 47.2 Å². The van der Waals surface area contributed by atoms with E-state index < -0.39 is 36.0 Å². The Morgan fingerprint density at radius 2 is 1.91 bits per heavy atom. The summed E-state index contributed by atoms with van der Waals surface area (Å²) in [6, 6.07) is 8.23. The third-order valence-electron chi connectivity index (χ3n) is 4.40. The van der Waals surface area contributed by atoms with Crippen LogP contribution in [-0.2, 0) is 9.59 Å². The van der Waals surface area contributed by atoms with E-state index in [1.165, 1.54) is 6.92 Å². The Morgan fingerprint density at radius 3 is 2.43 bits per heavy atom. The molecule has 0 aliphatic carbocycles. The average molecular weight is 325 g/mol. The van der Waals surface area contributed by atoms with Crippen LogP contribution in [0.25, 0.3) is 0 Å². The van der Waals surface area contributed by atoms with E-state index >= 15 is 0 Å². The van der Waals surface area contributed by atoms with Gasteiger partial charge in [-0.15, -0.1) is 0 Å². The van der Waals surface area contributed by atoms with Crippen LogP contribution in [0.5, 0.6) is 0 Å². The Kier molecular flexibility index (Phi) is 5.33. The standard InChI is InChI=1S/C16H17NO5.Na/c1-8(18)12-11-7-10(13(16(21)22)17(11)15(12)20)14(19)9-5-3-2-4-6-9;/h2-6,8,11-12,14,18-19H,7H2,1H3,(H,21,22);/q;+1/p-1/t8-,11-,12-,14?;/m1./s1. The third kappa shape index (κ3) is 2.86. The van der Waals surface area contributed by atoms with Crippen LogP contribution in [0.2, 0.25) is 0 Å². The van der Waals surface area contributed by atoms with E-state index in [1.54, 1.807) is 30.3 Å². The summed E-state index contributed by atoms with van der Waals surface area (Å²) in [7, 11) is 0. The number of carbonyl (C=O) groups excluding carboxylic acids is 2. The summed E-state index contributed by atoms with van der Waals surface area (Å²) in [6.07, 6.45) is -1.74. The van der Waals surface area contributed by atoms with Crippen molar-refractivity contribution in [3.63, 3.8) is 0 Å². The van der Waals surface area contributed by atoms with Crippen molar-refractivity contribution < 1.29 is 54.5 Å². The molecule has 7 heteroatoms. The van der Waals surface area contributed by atoms with E-state index in [0.717, 1.165) is 4.90 Å². The van der Waals surface area contributed by atoms with Gasteiger partial charge in [-0.05, 0) is 24.5 Å². The van der Waals surface area contributed by atoms with Crippen LogP contribution in [-0.4, -0.2) is 39.1 Å². The molecule has 1 aromatic rings. The number of aliphatic hydroxyl groups is 2. The first kappa shape index (κ1) is 18.2. The minimum Gasteiger partial charge on any atom is -0.543 e. The topological polar surface area (TPSA) is 101 Å². The first-order valence-corrected chi connectivity index (χ1v) is 7.12. The number of carboxylic acid groups (broad SMARTS) is 1. The van der Waals surface area contributed by atoms with Gasteiger partial charge in [0.15, 0.2) is 0 Å². The second-order valence-corrected chi connectivity index (χ2v) is 5.72. The predicted molar refractivity (Wildman–Crippen MR) is 73.9 cm³/mol. The molecular formula is C16H16NNaO5. The summed E-state index contributed by atoms with van der Waals surface area (Å²) in [4.78, 5) is 24.6. The van der Waals surface area contributed by atoms with Crippen LogP contribution in [0, 0.1) is 5.92 Å². The number of hydrogen-bond donors (Lipinski definition) is 2. The maximum Gasteiger partial charge on any atom is 1.00 e. The number of amides is 1. The third-order valence-corrected chi connectivity index (χ3v) is 4.40. The van der Waals surface area contributed by atoms with Gasteiger partial charge in [0.25, 0.3) is 0 Å². The summed E-state index contributed by atoms with van der Waals surface area (Å²) in [6.45, 7) is 1.50. The number of benzene rings is 1. The molecule has 6 nitrogen and oxygen atoms in total. The molecule has 1 amide bonds. The number of carboxylic acids is 1. The van der Waals surface area contributed by atoms with Crippen molar-refractivity contribution in [2.45, 2.75) is 31.6 Å². The van der Waals surface area contributed by atoms with E-state index in [2.05, 4.69) is 0 Å². The number of β-lactam (4-membered cyclic amide) rings is 1. The zero-order valence-corrected chi connectivity index (χ0v) is 15.0. The SMILES string of the molecule is C[C@@H](O)[C@H]1C(=O)N2C(C(=O)[O-])=C(C(O)c3ccccc3)C[C@H]12.[Na+]. The Labute approximate surface area is 155 Å². The molecule has 116 valence electrons. The Balaban J connectivity index is 0.00000192. The monoisotopic (exact) mass is 325 g/mol. The molecule has 1 fully saturated rings. The largest absolute Gasteiger partial charge is 1.00 e. The first-order valence-electron chi connectivity index (χ1n) is 7.12. The van der Waals surface area contributed by atoms with E-state index in [1.807, 2.05) is 0 Å². The second kappa shape index (κ2) is 6.75. The molecule has 0 bridgehead atoms. The number of rotatable bonds is 4. The van der Waals surface area contributed by atoms with Crippen LogP contribution in [0.1, 0.15) is 25.0 Å². The number of fused-ring (bicyclic) bond motifs is 1. The van der Waals surface area contributed by atoms with Gasteiger partial charge in [0.2, 0.25) is 5.91 Å². The fraction of sp³-hybridized carbons (Fsp3) is 0.375. The van der Waals surface area contributed by atoms with E-state index in [4.69, 9.17) is 0 Å². The molecule has 2 heterocycles. The maximum absolute atomic E-state index is 12.1.